The van der Waals surface area contributed by atoms with Crippen LogP contribution in [0.15, 0.2) is 0 Å². The maximum absolute atomic E-state index is 11.3. The van der Waals surface area contributed by atoms with Crippen LogP contribution in [0.2, 0.25) is 0 Å². The van der Waals surface area contributed by atoms with Gasteiger partial charge >= 0.3 is 0 Å². The molecule has 2 N–H and O–H groups in total. The minimum atomic E-state index is 0.0911. The normalized spacial score (nSPS) is 10.8. The van der Waals surface area contributed by atoms with E-state index in [-0.39, 0.29) is 5.91 Å². The zero-order valence-electron chi connectivity index (χ0n) is 10.8. The maximum atomic E-state index is 11.3. The molecule has 0 heterocycles. The van der Waals surface area contributed by atoms with E-state index in [0.717, 1.165) is 26.1 Å². The van der Waals surface area contributed by atoms with Crippen LogP contribution in [0.25, 0.3) is 0 Å². The van der Waals surface area contributed by atoms with Gasteiger partial charge < -0.3 is 15.4 Å². The van der Waals surface area contributed by atoms with Crippen LogP contribution in [0.4, 0.5) is 0 Å². The largest absolute Gasteiger partial charge is 0.380 e. The summed E-state index contributed by atoms with van der Waals surface area (Å²) in [7, 11) is 0. The molecule has 4 nitrogen and oxygen atoms in total. The van der Waals surface area contributed by atoms with Gasteiger partial charge in [0.2, 0.25) is 5.91 Å². The van der Waals surface area contributed by atoms with E-state index in [9.17, 15) is 4.79 Å². The number of carbonyl (C=O) groups is 1. The van der Waals surface area contributed by atoms with Crippen molar-refractivity contribution >= 4 is 5.91 Å². The summed E-state index contributed by atoms with van der Waals surface area (Å²) < 4.78 is 5.39. The van der Waals surface area contributed by atoms with Gasteiger partial charge in [0.05, 0.1) is 6.61 Å². The smallest absolute Gasteiger partial charge is 0.221 e. The molecule has 0 unspecified atom stereocenters. The van der Waals surface area contributed by atoms with E-state index >= 15 is 0 Å². The van der Waals surface area contributed by atoms with E-state index in [1.165, 1.54) is 0 Å². The molecule has 0 aliphatic rings. The van der Waals surface area contributed by atoms with Gasteiger partial charge in [-0.15, -0.1) is 0 Å². The molecule has 0 bridgehead atoms. The fourth-order valence-corrected chi connectivity index (χ4v) is 1.15. The van der Waals surface area contributed by atoms with Gasteiger partial charge in [-0.3, -0.25) is 4.79 Å². The molecule has 0 rings (SSSR count). The SMILES string of the molecule is CCNCCC(=O)NCCOCCC(C)C. The second kappa shape index (κ2) is 10.9. The first-order chi connectivity index (χ1) is 7.66. The zero-order chi connectivity index (χ0) is 12.2. The van der Waals surface area contributed by atoms with E-state index in [1.807, 2.05) is 6.92 Å². The van der Waals surface area contributed by atoms with E-state index in [4.69, 9.17) is 4.74 Å². The zero-order valence-corrected chi connectivity index (χ0v) is 10.8. The Morgan fingerprint density at radius 1 is 1.25 bits per heavy atom. The molecular formula is C12H26N2O2. The summed E-state index contributed by atoms with van der Waals surface area (Å²) in [6, 6.07) is 0. The second-order valence-corrected chi connectivity index (χ2v) is 4.25. The third-order valence-corrected chi connectivity index (χ3v) is 2.19. The summed E-state index contributed by atoms with van der Waals surface area (Å²) in [5.41, 5.74) is 0. The van der Waals surface area contributed by atoms with Crippen molar-refractivity contribution in [2.24, 2.45) is 5.92 Å². The molecule has 1 amide bonds. The van der Waals surface area contributed by atoms with Gasteiger partial charge in [-0.05, 0) is 18.9 Å². The predicted molar refractivity (Wildman–Crippen MR) is 66.4 cm³/mol. The molecule has 0 saturated heterocycles. The standard InChI is InChI=1S/C12H26N2O2/c1-4-13-7-5-12(15)14-8-10-16-9-6-11(2)3/h11,13H,4-10H2,1-3H3,(H,14,15). The molecule has 96 valence electrons. The summed E-state index contributed by atoms with van der Waals surface area (Å²) >= 11 is 0. The molecule has 0 saturated carbocycles. The summed E-state index contributed by atoms with van der Waals surface area (Å²) in [4.78, 5) is 11.3. The van der Waals surface area contributed by atoms with Crippen molar-refractivity contribution in [3.05, 3.63) is 0 Å². The monoisotopic (exact) mass is 230 g/mol. The van der Waals surface area contributed by atoms with Gasteiger partial charge in [0.1, 0.15) is 0 Å². The lowest BCUT2D eigenvalue weighted by Gasteiger charge is -2.07. The van der Waals surface area contributed by atoms with Crippen LogP contribution in [0.5, 0.6) is 0 Å². The number of nitrogens with one attached hydrogen (secondary N) is 2. The molecule has 0 radical (unpaired) electrons. The molecule has 0 aliphatic carbocycles. The number of hydrogen-bond acceptors (Lipinski definition) is 3. The number of hydrogen-bond donors (Lipinski definition) is 2. The van der Waals surface area contributed by atoms with Gasteiger partial charge in [-0.2, -0.15) is 0 Å². The minimum Gasteiger partial charge on any atom is -0.380 e. The molecule has 0 atom stereocenters. The second-order valence-electron chi connectivity index (χ2n) is 4.25. The highest BCUT2D eigenvalue weighted by Gasteiger charge is 1.99. The van der Waals surface area contributed by atoms with Gasteiger partial charge in [-0.25, -0.2) is 0 Å². The number of carbonyl (C=O) groups excluding carboxylic acids is 1. The fourth-order valence-electron chi connectivity index (χ4n) is 1.15. The molecule has 0 aliphatic heterocycles. The molecule has 4 heteroatoms. The number of rotatable bonds is 10. The maximum Gasteiger partial charge on any atom is 0.221 e. The van der Waals surface area contributed by atoms with Crippen LogP contribution >= 0.6 is 0 Å². The summed E-state index contributed by atoms with van der Waals surface area (Å²) in [5, 5.41) is 5.94. The first-order valence-electron chi connectivity index (χ1n) is 6.22. The van der Waals surface area contributed by atoms with Crippen LogP contribution in [0.3, 0.4) is 0 Å². The Kier molecular flexibility index (Phi) is 10.5. The number of ether oxygens (including phenoxy) is 1. The van der Waals surface area contributed by atoms with Gasteiger partial charge in [0.15, 0.2) is 0 Å². The van der Waals surface area contributed by atoms with E-state index in [2.05, 4.69) is 24.5 Å². The Morgan fingerprint density at radius 2 is 2.00 bits per heavy atom. The first kappa shape index (κ1) is 15.4. The summed E-state index contributed by atoms with van der Waals surface area (Å²) in [6.45, 7) is 10.0. The van der Waals surface area contributed by atoms with Crippen molar-refractivity contribution in [2.45, 2.75) is 33.6 Å². The van der Waals surface area contributed by atoms with Crippen molar-refractivity contribution < 1.29 is 9.53 Å². The molecule has 0 spiro atoms. The Bertz CT molecular complexity index is 172. The minimum absolute atomic E-state index is 0.0911. The van der Waals surface area contributed by atoms with Crippen LogP contribution in [0, 0.1) is 5.92 Å². The number of amides is 1. The third kappa shape index (κ3) is 11.5. The van der Waals surface area contributed by atoms with Crippen molar-refractivity contribution in [3.63, 3.8) is 0 Å². The van der Waals surface area contributed by atoms with Crippen LogP contribution in [-0.4, -0.2) is 38.8 Å². The predicted octanol–water partition coefficient (Wildman–Crippen LogP) is 1.16. The average molecular weight is 230 g/mol. The van der Waals surface area contributed by atoms with E-state index in [0.29, 0.717) is 25.5 Å². The van der Waals surface area contributed by atoms with Gasteiger partial charge in [0, 0.05) is 26.1 Å². The topological polar surface area (TPSA) is 50.4 Å². The van der Waals surface area contributed by atoms with Crippen molar-refractivity contribution in [1.82, 2.24) is 10.6 Å². The lowest BCUT2D eigenvalue weighted by molar-refractivity contribution is -0.121. The molecule has 0 fully saturated rings. The molecule has 0 aromatic carbocycles. The summed E-state index contributed by atoms with van der Waals surface area (Å²) in [5.74, 6) is 0.767. The van der Waals surface area contributed by atoms with Crippen LogP contribution < -0.4 is 10.6 Å². The lowest BCUT2D eigenvalue weighted by Crippen LogP contribution is -2.30. The Labute approximate surface area is 99.1 Å². The summed E-state index contributed by atoms with van der Waals surface area (Å²) in [6.07, 6.45) is 1.62. The van der Waals surface area contributed by atoms with Crippen LogP contribution in [0.1, 0.15) is 33.6 Å². The Balaban J connectivity index is 3.15. The Hall–Kier alpha value is -0.610. The van der Waals surface area contributed by atoms with Crippen LogP contribution in [-0.2, 0) is 9.53 Å². The fraction of sp³-hybridized carbons (Fsp3) is 0.917. The quantitative estimate of drug-likeness (QED) is 0.554. The van der Waals surface area contributed by atoms with Gasteiger partial charge in [-0.1, -0.05) is 20.8 Å². The third-order valence-electron chi connectivity index (χ3n) is 2.19. The molecular weight excluding hydrogens is 204 g/mol. The van der Waals surface area contributed by atoms with Gasteiger partial charge in [0.25, 0.3) is 0 Å². The highest BCUT2D eigenvalue weighted by Crippen LogP contribution is 1.98. The highest BCUT2D eigenvalue weighted by atomic mass is 16.5. The first-order valence-corrected chi connectivity index (χ1v) is 6.22. The van der Waals surface area contributed by atoms with Crippen molar-refractivity contribution in [3.8, 4) is 0 Å². The average Bonchev–Trinajstić information content (AvgIpc) is 2.23. The lowest BCUT2D eigenvalue weighted by atomic mass is 10.1. The Morgan fingerprint density at radius 3 is 2.62 bits per heavy atom. The van der Waals surface area contributed by atoms with Crippen molar-refractivity contribution in [2.75, 3.05) is 32.8 Å². The van der Waals surface area contributed by atoms with Crippen molar-refractivity contribution in [1.29, 1.82) is 0 Å². The molecule has 16 heavy (non-hydrogen) atoms. The van der Waals surface area contributed by atoms with E-state index < -0.39 is 0 Å². The molecule has 0 aromatic heterocycles. The molecule has 0 aromatic rings. The highest BCUT2D eigenvalue weighted by molar-refractivity contribution is 5.75. The van der Waals surface area contributed by atoms with E-state index in [1.54, 1.807) is 0 Å².